The summed E-state index contributed by atoms with van der Waals surface area (Å²) in [6.07, 6.45) is 0. The molecule has 0 aliphatic heterocycles. The molecule has 1 aromatic carbocycles. The van der Waals surface area contributed by atoms with E-state index in [4.69, 9.17) is 0 Å². The Bertz CT molecular complexity index is 312. The molecular formula is C16H28N+. The second kappa shape index (κ2) is 6.20. The van der Waals surface area contributed by atoms with Crippen LogP contribution in [0.25, 0.3) is 0 Å². The Morgan fingerprint density at radius 1 is 0.882 bits per heavy atom. The summed E-state index contributed by atoms with van der Waals surface area (Å²) in [5, 5.41) is 0. The SMILES string of the molecule is CC[N+](CC)(CC)Cc1ccc(C(C)C)cc1. The highest BCUT2D eigenvalue weighted by molar-refractivity contribution is 5.24. The maximum atomic E-state index is 2.31. The summed E-state index contributed by atoms with van der Waals surface area (Å²) in [5.41, 5.74) is 2.91. The minimum atomic E-state index is 0.631. The van der Waals surface area contributed by atoms with Crippen LogP contribution in [0.5, 0.6) is 0 Å². The second-order valence-corrected chi connectivity index (χ2v) is 5.34. The minimum absolute atomic E-state index is 0.631. The van der Waals surface area contributed by atoms with Gasteiger partial charge in [-0.25, -0.2) is 0 Å². The fourth-order valence-electron chi connectivity index (χ4n) is 2.40. The van der Waals surface area contributed by atoms with Crippen LogP contribution in [0.2, 0.25) is 0 Å². The molecule has 0 spiro atoms. The molecule has 1 nitrogen and oxygen atoms in total. The molecule has 0 atom stereocenters. The number of hydrogen-bond donors (Lipinski definition) is 0. The van der Waals surface area contributed by atoms with Crippen molar-refractivity contribution in [2.75, 3.05) is 19.6 Å². The van der Waals surface area contributed by atoms with E-state index in [2.05, 4.69) is 58.9 Å². The van der Waals surface area contributed by atoms with Gasteiger partial charge in [0.25, 0.3) is 0 Å². The van der Waals surface area contributed by atoms with E-state index < -0.39 is 0 Å². The van der Waals surface area contributed by atoms with E-state index >= 15 is 0 Å². The summed E-state index contributed by atoms with van der Waals surface area (Å²) in [6.45, 7) is 16.2. The predicted octanol–water partition coefficient (Wildman–Crippen LogP) is 4.19. The summed E-state index contributed by atoms with van der Waals surface area (Å²) in [4.78, 5) is 0. The van der Waals surface area contributed by atoms with Crippen molar-refractivity contribution in [1.29, 1.82) is 0 Å². The topological polar surface area (TPSA) is 0 Å². The molecule has 0 aliphatic rings. The lowest BCUT2D eigenvalue weighted by molar-refractivity contribution is -0.936. The quantitative estimate of drug-likeness (QED) is 0.648. The smallest absolute Gasteiger partial charge is 0.104 e. The first-order valence-electron chi connectivity index (χ1n) is 7.00. The third kappa shape index (κ3) is 3.57. The summed E-state index contributed by atoms with van der Waals surface area (Å²) in [6, 6.07) is 9.19. The zero-order valence-electron chi connectivity index (χ0n) is 12.2. The third-order valence-corrected chi connectivity index (χ3v) is 4.18. The fourth-order valence-corrected chi connectivity index (χ4v) is 2.40. The molecule has 0 aromatic heterocycles. The molecule has 0 heterocycles. The molecule has 0 N–H and O–H groups in total. The highest BCUT2D eigenvalue weighted by atomic mass is 15.3. The average molecular weight is 234 g/mol. The van der Waals surface area contributed by atoms with Gasteiger partial charge in [0.15, 0.2) is 0 Å². The van der Waals surface area contributed by atoms with Gasteiger partial charge < -0.3 is 4.48 Å². The highest BCUT2D eigenvalue weighted by Crippen LogP contribution is 2.18. The molecule has 0 unspecified atom stereocenters. The summed E-state index contributed by atoms with van der Waals surface area (Å²) in [5.74, 6) is 0.631. The van der Waals surface area contributed by atoms with Crippen LogP contribution in [0.3, 0.4) is 0 Å². The van der Waals surface area contributed by atoms with Crippen molar-refractivity contribution < 1.29 is 4.48 Å². The zero-order chi connectivity index (χ0) is 12.9. The Morgan fingerprint density at radius 2 is 1.35 bits per heavy atom. The van der Waals surface area contributed by atoms with Crippen LogP contribution >= 0.6 is 0 Å². The Morgan fingerprint density at radius 3 is 1.71 bits per heavy atom. The summed E-state index contributed by atoms with van der Waals surface area (Å²) >= 11 is 0. The van der Waals surface area contributed by atoms with Crippen molar-refractivity contribution in [3.05, 3.63) is 35.4 Å². The van der Waals surface area contributed by atoms with Gasteiger partial charge in [-0.2, -0.15) is 0 Å². The first-order valence-corrected chi connectivity index (χ1v) is 7.00. The number of benzene rings is 1. The summed E-state index contributed by atoms with van der Waals surface area (Å²) < 4.78 is 1.20. The van der Waals surface area contributed by atoms with E-state index in [1.54, 1.807) is 0 Å². The predicted molar refractivity (Wildman–Crippen MR) is 76.1 cm³/mol. The van der Waals surface area contributed by atoms with Gasteiger partial charge in [-0.05, 0) is 32.3 Å². The standard InChI is InChI=1S/C16H28N/c1-6-17(7-2,8-3)13-15-9-11-16(12-10-15)14(4)5/h9-12,14H,6-8,13H2,1-5H3/q+1. The van der Waals surface area contributed by atoms with Gasteiger partial charge in [-0.3, -0.25) is 0 Å². The normalized spacial score (nSPS) is 12.1. The number of quaternary nitrogens is 1. The van der Waals surface area contributed by atoms with E-state index in [1.165, 1.54) is 41.8 Å². The average Bonchev–Trinajstić information content (AvgIpc) is 2.37. The number of nitrogens with zero attached hydrogens (tertiary/aromatic N) is 1. The first-order chi connectivity index (χ1) is 8.06. The maximum Gasteiger partial charge on any atom is 0.104 e. The second-order valence-electron chi connectivity index (χ2n) is 5.34. The molecule has 17 heavy (non-hydrogen) atoms. The molecule has 1 aromatic rings. The van der Waals surface area contributed by atoms with Crippen LogP contribution in [0.4, 0.5) is 0 Å². The fraction of sp³-hybridized carbons (Fsp3) is 0.625. The maximum absolute atomic E-state index is 2.31. The van der Waals surface area contributed by atoms with E-state index in [-0.39, 0.29) is 0 Å². The van der Waals surface area contributed by atoms with Gasteiger partial charge >= 0.3 is 0 Å². The van der Waals surface area contributed by atoms with Crippen LogP contribution in [-0.2, 0) is 6.54 Å². The van der Waals surface area contributed by atoms with Crippen LogP contribution in [0, 0.1) is 0 Å². The molecular weight excluding hydrogens is 206 g/mol. The summed E-state index contributed by atoms with van der Waals surface area (Å²) in [7, 11) is 0. The van der Waals surface area contributed by atoms with Gasteiger partial charge in [0.05, 0.1) is 19.6 Å². The lowest BCUT2D eigenvalue weighted by atomic mass is 10.0. The van der Waals surface area contributed by atoms with E-state index in [1.807, 2.05) is 0 Å². The lowest BCUT2D eigenvalue weighted by Gasteiger charge is -2.36. The van der Waals surface area contributed by atoms with Gasteiger partial charge in [0.1, 0.15) is 6.54 Å². The molecule has 1 heteroatoms. The largest absolute Gasteiger partial charge is 0.321 e. The van der Waals surface area contributed by atoms with Crippen molar-refractivity contribution in [3.8, 4) is 0 Å². The molecule has 0 bridgehead atoms. The van der Waals surface area contributed by atoms with Crippen molar-refractivity contribution in [3.63, 3.8) is 0 Å². The number of hydrogen-bond acceptors (Lipinski definition) is 0. The molecule has 0 saturated heterocycles. The van der Waals surface area contributed by atoms with E-state index in [0.29, 0.717) is 5.92 Å². The van der Waals surface area contributed by atoms with Crippen molar-refractivity contribution in [2.45, 2.75) is 47.1 Å². The van der Waals surface area contributed by atoms with Crippen molar-refractivity contribution in [2.24, 2.45) is 0 Å². The Kier molecular flexibility index (Phi) is 5.20. The molecule has 0 saturated carbocycles. The van der Waals surface area contributed by atoms with Gasteiger partial charge in [0.2, 0.25) is 0 Å². The van der Waals surface area contributed by atoms with Crippen LogP contribution in [0.15, 0.2) is 24.3 Å². The van der Waals surface area contributed by atoms with E-state index in [9.17, 15) is 0 Å². The molecule has 0 aliphatic carbocycles. The number of rotatable bonds is 6. The zero-order valence-corrected chi connectivity index (χ0v) is 12.2. The first kappa shape index (κ1) is 14.2. The third-order valence-electron chi connectivity index (χ3n) is 4.18. The molecule has 1 rings (SSSR count). The van der Waals surface area contributed by atoms with Gasteiger partial charge in [-0.1, -0.05) is 38.1 Å². The van der Waals surface area contributed by atoms with Crippen molar-refractivity contribution in [1.82, 2.24) is 0 Å². The van der Waals surface area contributed by atoms with Crippen LogP contribution in [0.1, 0.15) is 51.7 Å². The lowest BCUT2D eigenvalue weighted by Crippen LogP contribution is -2.46. The van der Waals surface area contributed by atoms with Crippen LogP contribution < -0.4 is 0 Å². The van der Waals surface area contributed by atoms with Gasteiger partial charge in [-0.15, -0.1) is 0 Å². The van der Waals surface area contributed by atoms with Crippen molar-refractivity contribution >= 4 is 0 Å². The molecule has 0 amide bonds. The molecule has 0 radical (unpaired) electrons. The van der Waals surface area contributed by atoms with Gasteiger partial charge in [0, 0.05) is 5.56 Å². The highest BCUT2D eigenvalue weighted by Gasteiger charge is 2.20. The Hall–Kier alpha value is -0.820. The van der Waals surface area contributed by atoms with E-state index in [0.717, 1.165) is 0 Å². The van der Waals surface area contributed by atoms with Crippen LogP contribution in [-0.4, -0.2) is 24.1 Å². The monoisotopic (exact) mass is 234 g/mol. The molecule has 96 valence electrons. The molecule has 0 fully saturated rings. The minimum Gasteiger partial charge on any atom is -0.321 e. The Labute approximate surface area is 107 Å². The Balaban J connectivity index is 2.80.